The Bertz CT molecular complexity index is 729. The highest BCUT2D eigenvalue weighted by Gasteiger charge is 2.19. The summed E-state index contributed by atoms with van der Waals surface area (Å²) in [6.45, 7) is 3.65. The molecule has 2 nitrogen and oxygen atoms in total. The van der Waals surface area contributed by atoms with Crippen molar-refractivity contribution in [2.75, 3.05) is 0 Å². The van der Waals surface area contributed by atoms with E-state index in [-0.39, 0.29) is 11.5 Å². The van der Waals surface area contributed by atoms with Gasteiger partial charge in [0.1, 0.15) is 11.5 Å². The average Bonchev–Trinajstić information content (AvgIpc) is 2.57. The van der Waals surface area contributed by atoms with Crippen molar-refractivity contribution >= 4 is 10.8 Å². The van der Waals surface area contributed by atoms with E-state index >= 15 is 0 Å². The van der Waals surface area contributed by atoms with Gasteiger partial charge in [0.05, 0.1) is 0 Å². The second-order valence-corrected chi connectivity index (χ2v) is 4.66. The van der Waals surface area contributed by atoms with E-state index in [9.17, 15) is 10.2 Å². The van der Waals surface area contributed by atoms with Crippen LogP contribution < -0.4 is 0 Å². The number of aromatic hydroxyl groups is 2. The molecule has 0 bridgehead atoms. The third-order valence-corrected chi connectivity index (χ3v) is 3.68. The van der Waals surface area contributed by atoms with E-state index in [0.717, 1.165) is 33.0 Å². The third-order valence-electron chi connectivity index (χ3n) is 3.68. The Labute approximate surface area is 105 Å². The van der Waals surface area contributed by atoms with Crippen LogP contribution in [0.3, 0.4) is 0 Å². The molecule has 0 aliphatic heterocycles. The molecule has 0 amide bonds. The summed E-state index contributed by atoms with van der Waals surface area (Å²) in [6.07, 6.45) is 0. The summed E-state index contributed by atoms with van der Waals surface area (Å²) in [4.78, 5) is 0. The van der Waals surface area contributed by atoms with Gasteiger partial charge >= 0.3 is 0 Å². The maximum Gasteiger partial charge on any atom is 0.127 e. The summed E-state index contributed by atoms with van der Waals surface area (Å²) >= 11 is 0. The average molecular weight is 238 g/mol. The van der Waals surface area contributed by atoms with E-state index in [0.29, 0.717) is 0 Å². The molecule has 0 saturated heterocycles. The molecular formula is C16H14O2. The van der Waals surface area contributed by atoms with Crippen LogP contribution in [0.1, 0.15) is 11.1 Å². The van der Waals surface area contributed by atoms with Gasteiger partial charge in [0.2, 0.25) is 0 Å². The molecule has 0 atom stereocenters. The predicted octanol–water partition coefficient (Wildman–Crippen LogP) is 3.97. The Morgan fingerprint density at radius 1 is 0.833 bits per heavy atom. The first-order chi connectivity index (χ1) is 8.61. The molecule has 2 aliphatic rings. The zero-order valence-electron chi connectivity index (χ0n) is 10.4. The van der Waals surface area contributed by atoms with Crippen molar-refractivity contribution in [2.24, 2.45) is 0 Å². The lowest BCUT2D eigenvalue weighted by atomic mass is 10.0. The first kappa shape index (κ1) is 10.9. The normalized spacial score (nSPS) is 11.2. The fraction of sp³-hybridized carbons (Fsp3) is 0.125. The molecule has 0 unspecified atom stereocenters. The van der Waals surface area contributed by atoms with Crippen LogP contribution in [0.4, 0.5) is 0 Å². The number of phenolic OH excluding ortho intramolecular Hbond substituents is 2. The molecule has 90 valence electrons. The molecule has 3 rings (SSSR count). The zero-order chi connectivity index (χ0) is 12.9. The van der Waals surface area contributed by atoms with E-state index in [1.807, 2.05) is 50.2 Å². The van der Waals surface area contributed by atoms with E-state index < -0.39 is 0 Å². The van der Waals surface area contributed by atoms with Gasteiger partial charge in [-0.05, 0) is 42.2 Å². The molecule has 18 heavy (non-hydrogen) atoms. The van der Waals surface area contributed by atoms with Gasteiger partial charge in [0.25, 0.3) is 0 Å². The predicted molar refractivity (Wildman–Crippen MR) is 73.4 cm³/mol. The first-order valence-electron chi connectivity index (χ1n) is 5.94. The second kappa shape index (κ2) is 3.64. The summed E-state index contributed by atoms with van der Waals surface area (Å²) in [5.41, 5.74) is 3.45. The van der Waals surface area contributed by atoms with E-state index in [4.69, 9.17) is 0 Å². The van der Waals surface area contributed by atoms with Crippen LogP contribution in [0.15, 0.2) is 36.4 Å². The molecule has 0 radical (unpaired) electrons. The highest BCUT2D eigenvalue weighted by atomic mass is 16.3. The van der Waals surface area contributed by atoms with Crippen molar-refractivity contribution in [3.8, 4) is 22.6 Å². The van der Waals surface area contributed by atoms with Gasteiger partial charge in [0, 0.05) is 10.8 Å². The Morgan fingerprint density at radius 3 is 2.28 bits per heavy atom. The number of hydrogen-bond acceptors (Lipinski definition) is 2. The molecule has 0 heterocycles. The van der Waals surface area contributed by atoms with Crippen LogP contribution in [-0.2, 0) is 0 Å². The van der Waals surface area contributed by atoms with Crippen LogP contribution in [0.2, 0.25) is 0 Å². The van der Waals surface area contributed by atoms with Gasteiger partial charge in [-0.15, -0.1) is 0 Å². The van der Waals surface area contributed by atoms with E-state index in [1.165, 1.54) is 0 Å². The number of rotatable bonds is 0. The molecule has 0 fully saturated rings. The first-order valence-corrected chi connectivity index (χ1v) is 5.94. The zero-order valence-corrected chi connectivity index (χ0v) is 10.4. The molecule has 0 aromatic heterocycles. The van der Waals surface area contributed by atoms with Crippen LogP contribution >= 0.6 is 0 Å². The molecule has 0 spiro atoms. The maximum absolute atomic E-state index is 10.3. The van der Waals surface area contributed by atoms with Crippen molar-refractivity contribution in [1.29, 1.82) is 0 Å². The Balaban J connectivity index is 2.60. The lowest BCUT2D eigenvalue weighted by Crippen LogP contribution is -1.84. The number of benzene rings is 1. The molecule has 2 aliphatic carbocycles. The van der Waals surface area contributed by atoms with Crippen LogP contribution in [-0.4, -0.2) is 10.2 Å². The third kappa shape index (κ3) is 1.29. The maximum atomic E-state index is 10.3. The van der Waals surface area contributed by atoms with Crippen LogP contribution in [0.25, 0.3) is 21.9 Å². The standard InChI is InChI=1S/C16H14O2/c1-9-10(2)16(18)14-12-7-5-3-4-6-11(12)8-13(14)15(9)17/h3-8,17-18H,1-2H3. The van der Waals surface area contributed by atoms with Gasteiger partial charge in [0.15, 0.2) is 0 Å². The molecule has 1 aromatic carbocycles. The lowest BCUT2D eigenvalue weighted by Gasteiger charge is -2.09. The topological polar surface area (TPSA) is 40.5 Å². The summed E-state index contributed by atoms with van der Waals surface area (Å²) < 4.78 is 0. The number of phenols is 2. The minimum atomic E-state index is 0.263. The fourth-order valence-corrected chi connectivity index (χ4v) is 2.47. The molecule has 0 saturated carbocycles. The van der Waals surface area contributed by atoms with Crippen molar-refractivity contribution in [2.45, 2.75) is 13.8 Å². The van der Waals surface area contributed by atoms with Crippen molar-refractivity contribution in [3.05, 3.63) is 47.5 Å². The Morgan fingerprint density at radius 2 is 1.50 bits per heavy atom. The molecular weight excluding hydrogens is 224 g/mol. The van der Waals surface area contributed by atoms with Gasteiger partial charge in [-0.25, -0.2) is 0 Å². The van der Waals surface area contributed by atoms with Crippen molar-refractivity contribution in [1.82, 2.24) is 0 Å². The minimum Gasteiger partial charge on any atom is -0.507 e. The van der Waals surface area contributed by atoms with Crippen LogP contribution in [0, 0.1) is 13.8 Å². The summed E-state index contributed by atoms with van der Waals surface area (Å²) in [7, 11) is 0. The van der Waals surface area contributed by atoms with Crippen molar-refractivity contribution in [3.63, 3.8) is 0 Å². The monoisotopic (exact) mass is 238 g/mol. The molecule has 1 aromatic rings. The second-order valence-electron chi connectivity index (χ2n) is 4.66. The van der Waals surface area contributed by atoms with Gasteiger partial charge in [-0.1, -0.05) is 30.3 Å². The highest BCUT2D eigenvalue weighted by Crippen LogP contribution is 2.46. The summed E-state index contributed by atoms with van der Waals surface area (Å²) in [5.74, 6) is 0.528. The number of hydrogen-bond donors (Lipinski definition) is 2. The van der Waals surface area contributed by atoms with E-state index in [1.54, 1.807) is 0 Å². The van der Waals surface area contributed by atoms with Gasteiger partial charge in [-0.2, -0.15) is 0 Å². The Kier molecular flexibility index (Phi) is 2.20. The highest BCUT2D eigenvalue weighted by molar-refractivity contribution is 6.09. The molecule has 2 heteroatoms. The summed E-state index contributed by atoms with van der Waals surface area (Å²) in [6, 6.07) is 11.7. The van der Waals surface area contributed by atoms with E-state index in [2.05, 4.69) is 0 Å². The van der Waals surface area contributed by atoms with Gasteiger partial charge < -0.3 is 10.2 Å². The lowest BCUT2D eigenvalue weighted by molar-refractivity contribution is 0.463. The minimum absolute atomic E-state index is 0.263. The summed E-state index contributed by atoms with van der Waals surface area (Å²) in [5, 5.41) is 22.0. The SMILES string of the molecule is Cc1c(C)c(O)c2c3cccccc-3cc2c1O. The fourth-order valence-electron chi connectivity index (χ4n) is 2.47. The quantitative estimate of drug-likeness (QED) is 0.582. The van der Waals surface area contributed by atoms with Crippen molar-refractivity contribution < 1.29 is 10.2 Å². The number of fused-ring (bicyclic) bond motifs is 3. The van der Waals surface area contributed by atoms with Crippen LogP contribution in [0.5, 0.6) is 11.5 Å². The Hall–Kier alpha value is -2.22. The largest absolute Gasteiger partial charge is 0.507 e. The smallest absolute Gasteiger partial charge is 0.127 e. The molecule has 2 N–H and O–H groups in total. The van der Waals surface area contributed by atoms with Gasteiger partial charge in [-0.3, -0.25) is 0 Å².